The molecule has 0 aromatic carbocycles. The molecule has 58 valence electrons. The highest BCUT2D eigenvalue weighted by Gasteiger charge is 2.28. The minimum absolute atomic E-state index is 0.212. The van der Waals surface area contributed by atoms with Crippen molar-refractivity contribution >= 4 is 9.84 Å². The lowest BCUT2D eigenvalue weighted by Crippen LogP contribution is -2.21. The van der Waals surface area contributed by atoms with E-state index in [0.717, 1.165) is 0 Å². The van der Waals surface area contributed by atoms with Gasteiger partial charge in [0.25, 0.3) is 0 Å². The Bertz CT molecular complexity index is 236. The Morgan fingerprint density at radius 2 is 2.10 bits per heavy atom. The maximum absolute atomic E-state index is 11.1. The minimum atomic E-state index is -2.80. The van der Waals surface area contributed by atoms with Crippen LogP contribution in [0.5, 0.6) is 0 Å². The molecule has 0 fully saturated rings. The summed E-state index contributed by atoms with van der Waals surface area (Å²) in [6.45, 7) is 3.86. The van der Waals surface area contributed by atoms with Gasteiger partial charge in [0.15, 0.2) is 9.84 Å². The van der Waals surface area contributed by atoms with E-state index in [1.54, 1.807) is 12.2 Å². The highest BCUT2D eigenvalue weighted by Crippen LogP contribution is 2.19. The fourth-order valence-electron chi connectivity index (χ4n) is 1.19. The molecule has 2 nitrogen and oxygen atoms in total. The van der Waals surface area contributed by atoms with Gasteiger partial charge in [0, 0.05) is 0 Å². The topological polar surface area (TPSA) is 34.1 Å². The smallest absolute Gasteiger partial charge is 0.160 e. The predicted octanol–water partition coefficient (Wildman–Crippen LogP) is 0.996. The molecular formula is C7H12O2S. The van der Waals surface area contributed by atoms with Gasteiger partial charge in [0.2, 0.25) is 0 Å². The summed E-state index contributed by atoms with van der Waals surface area (Å²) in [5.74, 6) is 0.444. The van der Waals surface area contributed by atoms with Crippen molar-refractivity contribution in [2.24, 2.45) is 5.92 Å². The van der Waals surface area contributed by atoms with Crippen LogP contribution in [0.2, 0.25) is 0 Å². The van der Waals surface area contributed by atoms with E-state index < -0.39 is 9.84 Å². The summed E-state index contributed by atoms with van der Waals surface area (Å²) in [7, 11) is -2.80. The summed E-state index contributed by atoms with van der Waals surface area (Å²) in [5, 5.41) is -0.229. The second-order valence-electron chi connectivity index (χ2n) is 2.97. The SMILES string of the molecule is CC(C)C1C=CCS1(=O)=O. The van der Waals surface area contributed by atoms with E-state index in [1.807, 2.05) is 13.8 Å². The van der Waals surface area contributed by atoms with Gasteiger partial charge in [-0.2, -0.15) is 0 Å². The fourth-order valence-corrected chi connectivity index (χ4v) is 2.97. The maximum atomic E-state index is 11.1. The first-order chi connectivity index (χ1) is 4.54. The molecule has 0 N–H and O–H groups in total. The molecule has 1 unspecified atom stereocenters. The average molecular weight is 160 g/mol. The summed E-state index contributed by atoms with van der Waals surface area (Å²) in [5.41, 5.74) is 0. The van der Waals surface area contributed by atoms with Crippen LogP contribution in [0.3, 0.4) is 0 Å². The van der Waals surface area contributed by atoms with Gasteiger partial charge in [0.05, 0.1) is 11.0 Å². The summed E-state index contributed by atoms with van der Waals surface area (Å²) in [4.78, 5) is 0. The maximum Gasteiger partial charge on any atom is 0.160 e. The van der Waals surface area contributed by atoms with Gasteiger partial charge in [-0.15, -0.1) is 0 Å². The standard InChI is InChI=1S/C7H12O2S/c1-6(2)7-4-3-5-10(7,8)9/h3-4,6-7H,5H2,1-2H3. The Morgan fingerprint density at radius 3 is 2.30 bits per heavy atom. The van der Waals surface area contributed by atoms with Crippen molar-refractivity contribution in [2.75, 3.05) is 5.75 Å². The van der Waals surface area contributed by atoms with Crippen LogP contribution in [0, 0.1) is 5.92 Å². The zero-order valence-electron chi connectivity index (χ0n) is 6.24. The highest BCUT2D eigenvalue weighted by atomic mass is 32.2. The van der Waals surface area contributed by atoms with E-state index >= 15 is 0 Å². The lowest BCUT2D eigenvalue weighted by atomic mass is 10.1. The first-order valence-electron chi connectivity index (χ1n) is 3.42. The van der Waals surface area contributed by atoms with Crippen molar-refractivity contribution < 1.29 is 8.42 Å². The molecule has 0 bridgehead atoms. The van der Waals surface area contributed by atoms with E-state index in [9.17, 15) is 8.42 Å². The first kappa shape index (κ1) is 7.79. The normalized spacial score (nSPS) is 29.7. The van der Waals surface area contributed by atoms with Crippen LogP contribution >= 0.6 is 0 Å². The van der Waals surface area contributed by atoms with Crippen molar-refractivity contribution in [1.29, 1.82) is 0 Å². The largest absolute Gasteiger partial charge is 0.228 e. The molecule has 0 aromatic rings. The summed E-state index contributed by atoms with van der Waals surface area (Å²) in [6, 6.07) is 0. The highest BCUT2D eigenvalue weighted by molar-refractivity contribution is 7.92. The quantitative estimate of drug-likeness (QED) is 0.536. The molecule has 1 aliphatic rings. The van der Waals surface area contributed by atoms with Crippen LogP contribution in [0.25, 0.3) is 0 Å². The zero-order valence-corrected chi connectivity index (χ0v) is 7.06. The van der Waals surface area contributed by atoms with Crippen LogP contribution in [0.1, 0.15) is 13.8 Å². The van der Waals surface area contributed by atoms with E-state index in [0.29, 0.717) is 0 Å². The number of hydrogen-bond acceptors (Lipinski definition) is 2. The van der Waals surface area contributed by atoms with E-state index in [4.69, 9.17) is 0 Å². The molecule has 0 saturated heterocycles. The van der Waals surface area contributed by atoms with Gasteiger partial charge in [-0.1, -0.05) is 26.0 Å². The van der Waals surface area contributed by atoms with Crippen molar-refractivity contribution in [1.82, 2.24) is 0 Å². The number of sulfone groups is 1. The lowest BCUT2D eigenvalue weighted by molar-refractivity contribution is 0.568. The van der Waals surface area contributed by atoms with Crippen molar-refractivity contribution in [3.8, 4) is 0 Å². The summed E-state index contributed by atoms with van der Waals surface area (Å²) in [6.07, 6.45) is 3.53. The van der Waals surface area contributed by atoms with Gasteiger partial charge in [-0.05, 0) is 5.92 Å². The Balaban J connectivity index is 2.88. The second-order valence-corrected chi connectivity index (χ2v) is 5.17. The Labute approximate surface area is 61.9 Å². The molecule has 0 spiro atoms. The third-order valence-electron chi connectivity index (χ3n) is 1.73. The first-order valence-corrected chi connectivity index (χ1v) is 5.14. The van der Waals surface area contributed by atoms with Gasteiger partial charge in [-0.25, -0.2) is 8.42 Å². The lowest BCUT2D eigenvalue weighted by Gasteiger charge is -2.10. The molecule has 0 radical (unpaired) electrons. The zero-order chi connectivity index (χ0) is 7.78. The van der Waals surface area contributed by atoms with Gasteiger partial charge >= 0.3 is 0 Å². The third-order valence-corrected chi connectivity index (χ3v) is 3.91. The fraction of sp³-hybridized carbons (Fsp3) is 0.714. The van der Waals surface area contributed by atoms with Crippen LogP contribution in [-0.2, 0) is 9.84 Å². The Morgan fingerprint density at radius 1 is 1.50 bits per heavy atom. The molecule has 1 rings (SSSR count). The molecular weight excluding hydrogens is 148 g/mol. The Hall–Kier alpha value is -0.310. The minimum Gasteiger partial charge on any atom is -0.228 e. The Kier molecular flexibility index (Phi) is 1.86. The van der Waals surface area contributed by atoms with Crippen LogP contribution < -0.4 is 0 Å². The molecule has 0 aromatic heterocycles. The van der Waals surface area contributed by atoms with Crippen LogP contribution in [-0.4, -0.2) is 19.4 Å². The van der Waals surface area contributed by atoms with Crippen LogP contribution in [0.15, 0.2) is 12.2 Å². The molecule has 0 saturated carbocycles. The van der Waals surface area contributed by atoms with E-state index in [-0.39, 0.29) is 16.9 Å². The number of hydrogen-bond donors (Lipinski definition) is 0. The second kappa shape index (κ2) is 2.38. The van der Waals surface area contributed by atoms with E-state index in [1.165, 1.54) is 0 Å². The van der Waals surface area contributed by atoms with E-state index in [2.05, 4.69) is 0 Å². The molecule has 1 aliphatic heterocycles. The third kappa shape index (κ3) is 1.24. The predicted molar refractivity (Wildman–Crippen MR) is 41.6 cm³/mol. The van der Waals surface area contributed by atoms with Gasteiger partial charge < -0.3 is 0 Å². The monoisotopic (exact) mass is 160 g/mol. The van der Waals surface area contributed by atoms with Crippen molar-refractivity contribution in [2.45, 2.75) is 19.1 Å². The number of rotatable bonds is 1. The molecule has 0 amide bonds. The summed E-state index contributed by atoms with van der Waals surface area (Å²) < 4.78 is 22.3. The molecule has 0 aliphatic carbocycles. The molecule has 1 atom stereocenters. The molecule has 1 heterocycles. The van der Waals surface area contributed by atoms with Crippen molar-refractivity contribution in [3.63, 3.8) is 0 Å². The van der Waals surface area contributed by atoms with Gasteiger partial charge in [0.1, 0.15) is 0 Å². The summed E-state index contributed by atoms with van der Waals surface area (Å²) >= 11 is 0. The van der Waals surface area contributed by atoms with Gasteiger partial charge in [-0.3, -0.25) is 0 Å². The molecule has 3 heteroatoms. The van der Waals surface area contributed by atoms with Crippen molar-refractivity contribution in [3.05, 3.63) is 12.2 Å². The molecule has 10 heavy (non-hydrogen) atoms. The van der Waals surface area contributed by atoms with Crippen LogP contribution in [0.4, 0.5) is 0 Å². The average Bonchev–Trinajstić information content (AvgIpc) is 2.08.